The van der Waals surface area contributed by atoms with Crippen molar-refractivity contribution < 1.29 is 8.42 Å². The summed E-state index contributed by atoms with van der Waals surface area (Å²) in [6, 6.07) is 7.11. The summed E-state index contributed by atoms with van der Waals surface area (Å²) in [4.78, 5) is 0.174. The minimum atomic E-state index is -3.67. The van der Waals surface area contributed by atoms with Crippen LogP contribution in [0.1, 0.15) is 33.1 Å². The van der Waals surface area contributed by atoms with Gasteiger partial charge in [0.1, 0.15) is 4.90 Å². The number of hydrogen-bond acceptors (Lipinski definition) is 3. The average Bonchev–Trinajstić information content (AvgIpc) is 2.58. The van der Waals surface area contributed by atoms with E-state index in [1.807, 2.05) is 6.07 Å². The lowest BCUT2D eigenvalue weighted by Crippen LogP contribution is -2.31. The van der Waals surface area contributed by atoms with Crippen molar-refractivity contribution in [3.05, 3.63) is 24.3 Å². The molecule has 0 aliphatic heterocycles. The van der Waals surface area contributed by atoms with Crippen molar-refractivity contribution in [3.8, 4) is 0 Å². The van der Waals surface area contributed by atoms with E-state index in [0.29, 0.717) is 11.7 Å². The maximum absolute atomic E-state index is 11.5. The zero-order chi connectivity index (χ0) is 13.4. The molecule has 2 rings (SSSR count). The number of hydrogen-bond donors (Lipinski definition) is 2. The molecule has 1 aromatic carbocycles. The maximum Gasteiger partial charge on any atom is 0.240 e. The Morgan fingerprint density at radius 1 is 1.33 bits per heavy atom. The van der Waals surface area contributed by atoms with E-state index in [0.717, 1.165) is 12.8 Å². The van der Waals surface area contributed by atoms with Crippen LogP contribution in [0.4, 0.5) is 5.69 Å². The van der Waals surface area contributed by atoms with Crippen LogP contribution < -0.4 is 10.5 Å². The zero-order valence-corrected chi connectivity index (χ0v) is 11.6. The van der Waals surface area contributed by atoms with Crippen LogP contribution in [0.15, 0.2) is 29.2 Å². The summed E-state index contributed by atoms with van der Waals surface area (Å²) in [7, 11) is -3.67. The van der Waals surface area contributed by atoms with E-state index in [1.165, 1.54) is 6.42 Å². The molecule has 100 valence electrons. The third-order valence-corrected chi connectivity index (χ3v) is 4.75. The topological polar surface area (TPSA) is 72.2 Å². The second-order valence-electron chi connectivity index (χ2n) is 5.62. The molecule has 0 heterocycles. The molecule has 0 saturated heterocycles. The minimum Gasteiger partial charge on any atom is -0.381 e. The highest BCUT2D eigenvalue weighted by molar-refractivity contribution is 7.89. The molecular weight excluding hydrogens is 248 g/mol. The van der Waals surface area contributed by atoms with Gasteiger partial charge in [-0.1, -0.05) is 32.4 Å². The summed E-state index contributed by atoms with van der Waals surface area (Å²) in [6.45, 7) is 4.41. The Labute approximate surface area is 109 Å². The van der Waals surface area contributed by atoms with Crippen LogP contribution in [-0.2, 0) is 10.0 Å². The molecule has 18 heavy (non-hydrogen) atoms. The monoisotopic (exact) mass is 268 g/mol. The lowest BCUT2D eigenvalue weighted by molar-refractivity contribution is 0.349. The first-order valence-electron chi connectivity index (χ1n) is 6.19. The van der Waals surface area contributed by atoms with Gasteiger partial charge in [0, 0.05) is 6.04 Å². The standard InChI is InChI=1S/C13H20N2O2S/c1-13(2)9-5-8-12(13)15-10-6-3-4-7-11(10)18(14,16)17/h3-4,6-7,12,15H,5,8-9H2,1-2H3,(H2,14,16,17). The minimum absolute atomic E-state index is 0.174. The normalized spacial score (nSPS) is 22.9. The Morgan fingerprint density at radius 3 is 2.56 bits per heavy atom. The summed E-state index contributed by atoms with van der Waals surface area (Å²) >= 11 is 0. The van der Waals surface area contributed by atoms with E-state index in [2.05, 4.69) is 19.2 Å². The van der Waals surface area contributed by atoms with Gasteiger partial charge in [-0.05, 0) is 30.4 Å². The van der Waals surface area contributed by atoms with E-state index in [9.17, 15) is 8.42 Å². The highest BCUT2D eigenvalue weighted by Crippen LogP contribution is 2.39. The number of nitrogens with two attached hydrogens (primary N) is 1. The van der Waals surface area contributed by atoms with Crippen molar-refractivity contribution in [1.29, 1.82) is 0 Å². The van der Waals surface area contributed by atoms with Crippen LogP contribution >= 0.6 is 0 Å². The fourth-order valence-electron chi connectivity index (χ4n) is 2.62. The molecule has 1 atom stereocenters. The van der Waals surface area contributed by atoms with Crippen LogP contribution in [0.25, 0.3) is 0 Å². The molecule has 0 amide bonds. The van der Waals surface area contributed by atoms with Crippen molar-refractivity contribution in [2.75, 3.05) is 5.32 Å². The van der Waals surface area contributed by atoms with Gasteiger partial charge in [0.15, 0.2) is 0 Å². The predicted octanol–water partition coefficient (Wildman–Crippen LogP) is 2.32. The van der Waals surface area contributed by atoms with Gasteiger partial charge in [0.2, 0.25) is 10.0 Å². The highest BCUT2D eigenvalue weighted by atomic mass is 32.2. The predicted molar refractivity (Wildman–Crippen MR) is 72.9 cm³/mol. The van der Waals surface area contributed by atoms with Gasteiger partial charge in [0.05, 0.1) is 5.69 Å². The Balaban J connectivity index is 2.30. The Kier molecular flexibility index (Phi) is 3.38. The molecule has 1 aromatic rings. The van der Waals surface area contributed by atoms with Crippen molar-refractivity contribution in [1.82, 2.24) is 0 Å². The molecule has 0 radical (unpaired) electrons. The first-order chi connectivity index (χ1) is 8.31. The molecule has 3 N–H and O–H groups in total. The van der Waals surface area contributed by atoms with Gasteiger partial charge in [-0.15, -0.1) is 0 Å². The molecule has 1 fully saturated rings. The van der Waals surface area contributed by atoms with Crippen LogP contribution in [-0.4, -0.2) is 14.5 Å². The van der Waals surface area contributed by atoms with E-state index in [4.69, 9.17) is 5.14 Å². The van der Waals surface area contributed by atoms with Crippen molar-refractivity contribution >= 4 is 15.7 Å². The van der Waals surface area contributed by atoms with Gasteiger partial charge in [-0.25, -0.2) is 13.6 Å². The highest BCUT2D eigenvalue weighted by Gasteiger charge is 2.34. The molecule has 1 unspecified atom stereocenters. The number of benzene rings is 1. The van der Waals surface area contributed by atoms with Gasteiger partial charge >= 0.3 is 0 Å². The molecule has 5 heteroatoms. The first-order valence-corrected chi connectivity index (χ1v) is 7.74. The summed E-state index contributed by atoms with van der Waals surface area (Å²) in [6.07, 6.45) is 3.39. The van der Waals surface area contributed by atoms with Crippen molar-refractivity contribution in [2.24, 2.45) is 10.6 Å². The van der Waals surface area contributed by atoms with E-state index in [-0.39, 0.29) is 10.3 Å². The summed E-state index contributed by atoms with van der Waals surface area (Å²) < 4.78 is 23.1. The Morgan fingerprint density at radius 2 is 2.00 bits per heavy atom. The zero-order valence-electron chi connectivity index (χ0n) is 10.8. The lowest BCUT2D eigenvalue weighted by Gasteiger charge is -2.29. The molecule has 0 aromatic heterocycles. The molecule has 1 saturated carbocycles. The van der Waals surface area contributed by atoms with Gasteiger partial charge in [-0.2, -0.15) is 0 Å². The lowest BCUT2D eigenvalue weighted by atomic mass is 9.87. The molecule has 1 aliphatic carbocycles. The number of nitrogens with one attached hydrogen (secondary N) is 1. The fraction of sp³-hybridized carbons (Fsp3) is 0.538. The maximum atomic E-state index is 11.5. The van der Waals surface area contributed by atoms with Crippen LogP contribution in [0.2, 0.25) is 0 Å². The van der Waals surface area contributed by atoms with Gasteiger partial charge < -0.3 is 5.32 Å². The van der Waals surface area contributed by atoms with Crippen molar-refractivity contribution in [3.63, 3.8) is 0 Å². The van der Waals surface area contributed by atoms with Crippen LogP contribution in [0.3, 0.4) is 0 Å². The second-order valence-corrected chi connectivity index (χ2v) is 7.15. The van der Waals surface area contributed by atoms with Crippen molar-refractivity contribution in [2.45, 2.75) is 44.0 Å². The van der Waals surface area contributed by atoms with E-state index >= 15 is 0 Å². The summed E-state index contributed by atoms with van der Waals surface area (Å²) in [5, 5.41) is 8.58. The number of para-hydroxylation sites is 1. The second kappa shape index (κ2) is 4.55. The Bertz CT molecular complexity index is 538. The number of sulfonamides is 1. The molecule has 1 aliphatic rings. The molecule has 4 nitrogen and oxygen atoms in total. The Hall–Kier alpha value is -1.07. The SMILES string of the molecule is CC1(C)CCCC1Nc1ccccc1S(N)(=O)=O. The summed E-state index contributed by atoms with van der Waals surface area (Å²) in [5.74, 6) is 0. The average molecular weight is 268 g/mol. The van der Waals surface area contributed by atoms with E-state index < -0.39 is 10.0 Å². The number of primary sulfonamides is 1. The summed E-state index contributed by atoms with van der Waals surface area (Å²) in [5.41, 5.74) is 0.797. The third-order valence-electron chi connectivity index (χ3n) is 3.78. The molecular formula is C13H20N2O2S. The number of rotatable bonds is 3. The molecule has 0 spiro atoms. The quantitative estimate of drug-likeness (QED) is 0.883. The first kappa shape index (κ1) is 13.4. The van der Waals surface area contributed by atoms with Gasteiger partial charge in [-0.3, -0.25) is 0 Å². The number of anilines is 1. The van der Waals surface area contributed by atoms with E-state index in [1.54, 1.807) is 18.2 Å². The fourth-order valence-corrected chi connectivity index (χ4v) is 3.32. The van der Waals surface area contributed by atoms with Crippen LogP contribution in [0, 0.1) is 5.41 Å². The smallest absolute Gasteiger partial charge is 0.240 e. The van der Waals surface area contributed by atoms with Crippen LogP contribution in [0.5, 0.6) is 0 Å². The third kappa shape index (κ3) is 2.67. The largest absolute Gasteiger partial charge is 0.381 e. The molecule has 0 bridgehead atoms. The van der Waals surface area contributed by atoms with Gasteiger partial charge in [0.25, 0.3) is 0 Å².